The number of pyridine rings is 1. The van der Waals surface area contributed by atoms with E-state index in [-0.39, 0.29) is 5.91 Å². The summed E-state index contributed by atoms with van der Waals surface area (Å²) in [5, 5.41) is 7.00. The van der Waals surface area contributed by atoms with Crippen molar-refractivity contribution in [2.45, 2.75) is 6.92 Å². The molecule has 4 rings (SSSR count). The molecule has 7 nitrogen and oxygen atoms in total. The summed E-state index contributed by atoms with van der Waals surface area (Å²) < 4.78 is 5.53. The first-order valence-corrected chi connectivity index (χ1v) is 9.20. The Hall–Kier alpha value is -4.00. The van der Waals surface area contributed by atoms with Gasteiger partial charge in [-0.05, 0) is 31.2 Å². The molecule has 4 aromatic rings. The lowest BCUT2D eigenvalue weighted by Gasteiger charge is -2.11. The van der Waals surface area contributed by atoms with Crippen LogP contribution in [0.4, 0.5) is 17.3 Å². The third-order valence-corrected chi connectivity index (χ3v) is 4.23. The SMILES string of the molecule is CCOc1ccccc1NC(=O)c1cnc(Nc2cccc3cccnc23)nc1. The molecule has 0 spiro atoms. The Labute approximate surface area is 167 Å². The zero-order valence-corrected chi connectivity index (χ0v) is 15.8. The average molecular weight is 385 g/mol. The van der Waals surface area contributed by atoms with Crippen LogP contribution in [-0.2, 0) is 0 Å². The minimum atomic E-state index is -0.310. The zero-order valence-electron chi connectivity index (χ0n) is 15.8. The second-order valence-corrected chi connectivity index (χ2v) is 6.18. The van der Waals surface area contributed by atoms with E-state index in [1.54, 1.807) is 18.3 Å². The lowest BCUT2D eigenvalue weighted by molar-refractivity contribution is 0.102. The number of hydrogen-bond donors (Lipinski definition) is 2. The van der Waals surface area contributed by atoms with Crippen LogP contribution in [0, 0.1) is 0 Å². The summed E-state index contributed by atoms with van der Waals surface area (Å²) in [4.78, 5) is 25.5. The maximum absolute atomic E-state index is 12.5. The van der Waals surface area contributed by atoms with E-state index in [0.717, 1.165) is 16.6 Å². The van der Waals surface area contributed by atoms with Gasteiger partial charge in [0.2, 0.25) is 5.95 Å². The standard InChI is InChI=1S/C22H19N5O2/c1-2-29-19-11-4-3-9-17(19)26-21(28)16-13-24-22(25-14-16)27-18-10-5-7-15-8-6-12-23-20(15)18/h3-14H,2H2,1H3,(H,26,28)(H,24,25,27). The number of carbonyl (C=O) groups excluding carboxylic acids is 1. The lowest BCUT2D eigenvalue weighted by Crippen LogP contribution is -2.14. The molecule has 2 heterocycles. The largest absolute Gasteiger partial charge is 0.492 e. The molecule has 0 saturated carbocycles. The number of amides is 1. The van der Waals surface area contributed by atoms with Crippen molar-refractivity contribution in [1.29, 1.82) is 0 Å². The number of anilines is 3. The molecule has 0 fully saturated rings. The predicted octanol–water partition coefficient (Wildman–Crippen LogP) is 4.42. The van der Waals surface area contributed by atoms with Crippen molar-refractivity contribution in [3.63, 3.8) is 0 Å². The highest BCUT2D eigenvalue weighted by atomic mass is 16.5. The molecule has 0 bridgehead atoms. The van der Waals surface area contributed by atoms with Gasteiger partial charge in [-0.2, -0.15) is 0 Å². The molecule has 144 valence electrons. The first-order valence-electron chi connectivity index (χ1n) is 9.20. The Bertz CT molecular complexity index is 1140. The molecule has 0 atom stereocenters. The monoisotopic (exact) mass is 385 g/mol. The van der Waals surface area contributed by atoms with Gasteiger partial charge in [0, 0.05) is 24.0 Å². The van der Waals surface area contributed by atoms with E-state index in [0.29, 0.717) is 29.6 Å². The van der Waals surface area contributed by atoms with Gasteiger partial charge in [0.05, 0.1) is 29.1 Å². The van der Waals surface area contributed by atoms with Crippen LogP contribution >= 0.6 is 0 Å². The summed E-state index contributed by atoms with van der Waals surface area (Å²) >= 11 is 0. The fourth-order valence-electron chi connectivity index (χ4n) is 2.88. The minimum absolute atomic E-state index is 0.310. The topological polar surface area (TPSA) is 89.0 Å². The van der Waals surface area contributed by atoms with Crippen LogP contribution in [0.3, 0.4) is 0 Å². The number of aromatic nitrogens is 3. The highest BCUT2D eigenvalue weighted by Crippen LogP contribution is 2.25. The molecule has 29 heavy (non-hydrogen) atoms. The van der Waals surface area contributed by atoms with Crippen LogP contribution in [0.1, 0.15) is 17.3 Å². The lowest BCUT2D eigenvalue weighted by atomic mass is 10.2. The summed E-state index contributed by atoms with van der Waals surface area (Å²) in [6.07, 6.45) is 4.70. The van der Waals surface area contributed by atoms with Crippen LogP contribution in [0.5, 0.6) is 5.75 Å². The molecule has 0 aliphatic carbocycles. The van der Waals surface area contributed by atoms with E-state index < -0.39 is 0 Å². The summed E-state index contributed by atoms with van der Waals surface area (Å²) in [6.45, 7) is 2.41. The van der Waals surface area contributed by atoms with Gasteiger partial charge in [0.25, 0.3) is 5.91 Å². The van der Waals surface area contributed by atoms with Crippen molar-refractivity contribution in [2.24, 2.45) is 0 Å². The first kappa shape index (κ1) is 18.4. The fourth-order valence-corrected chi connectivity index (χ4v) is 2.88. The van der Waals surface area contributed by atoms with Gasteiger partial charge in [0.1, 0.15) is 5.75 Å². The molecule has 0 aliphatic rings. The molecule has 0 unspecified atom stereocenters. The summed E-state index contributed by atoms with van der Waals surface area (Å²) in [7, 11) is 0. The van der Waals surface area contributed by atoms with Crippen LogP contribution in [0.25, 0.3) is 10.9 Å². The second kappa shape index (κ2) is 8.35. The van der Waals surface area contributed by atoms with Gasteiger partial charge < -0.3 is 15.4 Å². The van der Waals surface area contributed by atoms with Crippen molar-refractivity contribution in [2.75, 3.05) is 17.2 Å². The number of hydrogen-bond acceptors (Lipinski definition) is 6. The zero-order chi connectivity index (χ0) is 20.1. The van der Waals surface area contributed by atoms with Crippen molar-refractivity contribution in [1.82, 2.24) is 15.0 Å². The number of rotatable bonds is 6. The molecular formula is C22H19N5O2. The van der Waals surface area contributed by atoms with Crippen molar-refractivity contribution in [3.8, 4) is 5.75 Å². The maximum Gasteiger partial charge on any atom is 0.258 e. The van der Waals surface area contributed by atoms with Gasteiger partial charge in [-0.3, -0.25) is 9.78 Å². The molecule has 0 saturated heterocycles. The first-order chi connectivity index (χ1) is 14.2. The number of nitrogens with zero attached hydrogens (tertiary/aromatic N) is 3. The molecule has 2 aromatic carbocycles. The number of nitrogens with one attached hydrogen (secondary N) is 2. The van der Waals surface area contributed by atoms with Crippen LogP contribution in [0.2, 0.25) is 0 Å². The minimum Gasteiger partial charge on any atom is -0.492 e. The number of carbonyl (C=O) groups is 1. The molecule has 0 aliphatic heterocycles. The number of fused-ring (bicyclic) bond motifs is 1. The quantitative estimate of drug-likeness (QED) is 0.511. The van der Waals surface area contributed by atoms with E-state index in [1.165, 1.54) is 12.4 Å². The Morgan fingerprint density at radius 3 is 2.52 bits per heavy atom. The number of benzene rings is 2. The highest BCUT2D eigenvalue weighted by Gasteiger charge is 2.11. The Morgan fingerprint density at radius 1 is 0.931 bits per heavy atom. The summed E-state index contributed by atoms with van der Waals surface area (Å²) in [5.74, 6) is 0.691. The molecule has 2 N–H and O–H groups in total. The Balaban J connectivity index is 1.50. The smallest absolute Gasteiger partial charge is 0.258 e. The molecule has 7 heteroatoms. The average Bonchev–Trinajstić information content (AvgIpc) is 2.76. The van der Waals surface area contributed by atoms with E-state index >= 15 is 0 Å². The maximum atomic E-state index is 12.5. The van der Waals surface area contributed by atoms with Crippen molar-refractivity contribution in [3.05, 3.63) is 78.8 Å². The van der Waals surface area contributed by atoms with Crippen molar-refractivity contribution >= 4 is 34.1 Å². The van der Waals surface area contributed by atoms with Gasteiger partial charge in [-0.15, -0.1) is 0 Å². The Morgan fingerprint density at radius 2 is 1.69 bits per heavy atom. The molecule has 1 amide bonds. The van der Waals surface area contributed by atoms with E-state index in [1.807, 2.05) is 49.4 Å². The number of para-hydroxylation sites is 3. The van der Waals surface area contributed by atoms with Crippen LogP contribution in [-0.4, -0.2) is 27.5 Å². The van der Waals surface area contributed by atoms with E-state index in [9.17, 15) is 4.79 Å². The van der Waals surface area contributed by atoms with Gasteiger partial charge in [-0.25, -0.2) is 9.97 Å². The molecular weight excluding hydrogens is 366 g/mol. The van der Waals surface area contributed by atoms with Crippen LogP contribution < -0.4 is 15.4 Å². The summed E-state index contributed by atoms with van der Waals surface area (Å²) in [5.41, 5.74) is 2.57. The Kier molecular flexibility index (Phi) is 5.29. The molecule has 2 aromatic heterocycles. The third-order valence-electron chi connectivity index (χ3n) is 4.23. The highest BCUT2D eigenvalue weighted by molar-refractivity contribution is 6.04. The fraction of sp³-hybridized carbons (Fsp3) is 0.0909. The van der Waals surface area contributed by atoms with E-state index in [4.69, 9.17) is 4.74 Å². The second-order valence-electron chi connectivity index (χ2n) is 6.18. The summed E-state index contributed by atoms with van der Waals surface area (Å²) in [6, 6.07) is 17.0. The van der Waals surface area contributed by atoms with Gasteiger partial charge in [-0.1, -0.05) is 30.3 Å². The van der Waals surface area contributed by atoms with Crippen molar-refractivity contribution < 1.29 is 9.53 Å². The van der Waals surface area contributed by atoms with Gasteiger partial charge in [0.15, 0.2) is 0 Å². The normalized spacial score (nSPS) is 10.5. The number of ether oxygens (including phenoxy) is 1. The van der Waals surface area contributed by atoms with E-state index in [2.05, 4.69) is 25.6 Å². The van der Waals surface area contributed by atoms with Gasteiger partial charge >= 0.3 is 0 Å². The third kappa shape index (κ3) is 4.14. The molecule has 0 radical (unpaired) electrons. The van der Waals surface area contributed by atoms with Crippen LogP contribution in [0.15, 0.2) is 73.2 Å². The predicted molar refractivity (Wildman–Crippen MR) is 113 cm³/mol.